The number of fused-ring (bicyclic) bond motifs is 5. The van der Waals surface area contributed by atoms with Crippen molar-refractivity contribution >= 4 is 14.4 Å². The molecular weight excluding hydrogens is 799 g/mol. The zero-order chi connectivity index (χ0) is 38.5. The van der Waals surface area contributed by atoms with Gasteiger partial charge in [-0.15, -0.1) is 0 Å². The van der Waals surface area contributed by atoms with Crippen molar-refractivity contribution in [2.45, 2.75) is 110 Å². The summed E-state index contributed by atoms with van der Waals surface area (Å²) in [6.07, 6.45) is 12.5. The summed E-state index contributed by atoms with van der Waals surface area (Å²) in [5.41, 5.74) is 19.6. The van der Waals surface area contributed by atoms with E-state index in [1.807, 2.05) is 0 Å². The summed E-state index contributed by atoms with van der Waals surface area (Å²) in [6, 6.07) is 33.5. The molecule has 0 spiro atoms. The first-order chi connectivity index (χ1) is 25.3. The second-order valence-corrected chi connectivity index (χ2v) is 26.7. The largest absolute Gasteiger partial charge is 1.00 e. The summed E-state index contributed by atoms with van der Waals surface area (Å²) < 4.78 is 3.98. The van der Waals surface area contributed by atoms with Crippen LogP contribution in [0.4, 0.5) is 0 Å². The number of halogens is 2. The third-order valence-electron chi connectivity index (χ3n) is 12.8. The van der Waals surface area contributed by atoms with Gasteiger partial charge in [0.2, 0.25) is 0 Å². The van der Waals surface area contributed by atoms with Gasteiger partial charge >= 0.3 is 336 Å². The predicted octanol–water partition coefficient (Wildman–Crippen LogP) is 7.96. The van der Waals surface area contributed by atoms with Crippen LogP contribution in [0, 0.1) is 16.7 Å². The Balaban J connectivity index is 0.00000266. The first-order valence-electron chi connectivity index (χ1n) is 20.4. The molecule has 1 unspecified atom stereocenters. The molecule has 4 aliphatic rings. The molecule has 0 N–H and O–H groups in total. The molecule has 4 aliphatic carbocycles. The molecule has 0 aromatic heterocycles. The third-order valence-corrected chi connectivity index (χ3v) is 21.5. The average Bonchev–Trinajstić information content (AvgIpc) is 3.77. The molecule has 0 radical (unpaired) electrons. The Hall–Kier alpha value is -2.83. The Bertz CT molecular complexity index is 2210. The molecular formula is C53H60Cl2Zr. The first kappa shape index (κ1) is 42.8. The van der Waals surface area contributed by atoms with E-state index in [1.54, 1.807) is 17.6 Å². The van der Waals surface area contributed by atoms with Gasteiger partial charge in [-0.3, -0.25) is 0 Å². The van der Waals surface area contributed by atoms with Crippen LogP contribution in [0.15, 0.2) is 118 Å². The zero-order valence-electron chi connectivity index (χ0n) is 35.7. The van der Waals surface area contributed by atoms with E-state index < -0.39 is 21.3 Å². The van der Waals surface area contributed by atoms with Gasteiger partial charge in [0.1, 0.15) is 0 Å². The van der Waals surface area contributed by atoms with Crippen molar-refractivity contribution in [3.63, 3.8) is 0 Å². The molecule has 0 amide bonds. The Morgan fingerprint density at radius 3 is 1.38 bits per heavy atom. The van der Waals surface area contributed by atoms with E-state index in [4.69, 9.17) is 0 Å². The summed E-state index contributed by atoms with van der Waals surface area (Å²) in [5, 5.41) is 0. The monoisotopic (exact) mass is 856 g/mol. The van der Waals surface area contributed by atoms with Crippen LogP contribution in [0.5, 0.6) is 0 Å². The molecule has 1 atom stereocenters. The Kier molecular flexibility index (Phi) is 11.5. The van der Waals surface area contributed by atoms with Crippen LogP contribution in [0.3, 0.4) is 0 Å². The van der Waals surface area contributed by atoms with E-state index in [0.717, 1.165) is 12.8 Å². The topological polar surface area (TPSA) is 0 Å². The molecule has 4 aromatic carbocycles. The zero-order valence-corrected chi connectivity index (χ0v) is 39.7. The van der Waals surface area contributed by atoms with Crippen LogP contribution in [0.1, 0.15) is 131 Å². The van der Waals surface area contributed by atoms with E-state index in [0.29, 0.717) is 9.54 Å². The molecule has 0 saturated heterocycles. The van der Waals surface area contributed by atoms with Crippen LogP contribution in [-0.4, -0.2) is 3.21 Å². The summed E-state index contributed by atoms with van der Waals surface area (Å²) in [5.74, 6) is 0.466. The minimum atomic E-state index is -2.80. The van der Waals surface area contributed by atoms with Crippen LogP contribution in [0.2, 0.25) is 0 Å². The maximum absolute atomic E-state index is 2.80. The smallest absolute Gasteiger partial charge is 1.00 e. The molecule has 0 nitrogen and oxygen atoms in total. The Labute approximate surface area is 358 Å². The quantitative estimate of drug-likeness (QED) is 0.185. The van der Waals surface area contributed by atoms with Crippen LogP contribution in [0.25, 0.3) is 22.3 Å². The molecule has 0 aliphatic heterocycles. The van der Waals surface area contributed by atoms with E-state index in [2.05, 4.69) is 192 Å². The predicted molar refractivity (Wildman–Crippen MR) is 231 cm³/mol. The van der Waals surface area contributed by atoms with Gasteiger partial charge in [-0.25, -0.2) is 0 Å². The number of hydrogen-bond donors (Lipinski definition) is 0. The number of benzene rings is 4. The van der Waals surface area contributed by atoms with Gasteiger partial charge < -0.3 is 24.8 Å². The van der Waals surface area contributed by atoms with Crippen molar-refractivity contribution in [2.24, 2.45) is 16.7 Å². The standard InChI is InChI=1S/C31H37.C15H14.C7H9.2ClH.Zr/c1-28(2,3)26-16-30(7,8)24-12-18-11-19-13-25-23(15-21(19)20(18)14-22(24)26)27(29(4,5)6)17-31(25,9)10;1-3-8-14(9-4-1)12-7-13-15-10-5-2-6-11-15;1-6-3-4-7(2)5-6;;;/h11-17H,1-10H3;1-6,8-11H,12-13H2;3,5,7H,1-2H3;2*1H;/q;;;;;+2/p-2. The van der Waals surface area contributed by atoms with Crippen molar-refractivity contribution in [3.8, 4) is 11.1 Å². The van der Waals surface area contributed by atoms with Crippen molar-refractivity contribution in [3.05, 3.63) is 163 Å². The van der Waals surface area contributed by atoms with E-state index in [-0.39, 0.29) is 46.5 Å². The summed E-state index contributed by atoms with van der Waals surface area (Å²) in [7, 11) is 0. The fourth-order valence-corrected chi connectivity index (χ4v) is 20.0. The molecule has 0 fully saturated rings. The van der Waals surface area contributed by atoms with Gasteiger partial charge in [0.15, 0.2) is 0 Å². The molecule has 0 heterocycles. The van der Waals surface area contributed by atoms with E-state index in [9.17, 15) is 0 Å². The fourth-order valence-electron chi connectivity index (χ4n) is 10.2. The van der Waals surface area contributed by atoms with Gasteiger partial charge in [0, 0.05) is 0 Å². The normalized spacial score (nSPS) is 18.5. The SMILES string of the molecule is CC1=CC(C)[C]([Zr+2](=[C](Cc2ccccc2)Cc2ccccc2)[CH]2c3cc4c(cc3-c3cc5c(cc32)C(C)(C)C=C5C(C)(C)C)C(C(C)(C)C)=CC4(C)C)=C1.[Cl-].[Cl-]. The molecule has 3 heteroatoms. The minimum absolute atomic E-state index is 0. The van der Waals surface area contributed by atoms with Crippen LogP contribution < -0.4 is 24.8 Å². The first-order valence-corrected chi connectivity index (χ1v) is 24.3. The van der Waals surface area contributed by atoms with Gasteiger partial charge in [-0.05, 0) is 0 Å². The third kappa shape index (κ3) is 7.49. The van der Waals surface area contributed by atoms with Crippen LogP contribution >= 0.6 is 0 Å². The second-order valence-electron chi connectivity index (χ2n) is 20.1. The number of rotatable bonds is 6. The van der Waals surface area contributed by atoms with Gasteiger partial charge in [0.05, 0.1) is 0 Å². The van der Waals surface area contributed by atoms with E-state index in [1.165, 1.54) is 61.2 Å². The van der Waals surface area contributed by atoms with Crippen molar-refractivity contribution in [1.82, 2.24) is 0 Å². The molecule has 290 valence electrons. The molecule has 0 bridgehead atoms. The molecule has 0 saturated carbocycles. The molecule has 56 heavy (non-hydrogen) atoms. The Morgan fingerprint density at radius 2 is 1.02 bits per heavy atom. The van der Waals surface area contributed by atoms with Gasteiger partial charge in [0.25, 0.3) is 0 Å². The van der Waals surface area contributed by atoms with Gasteiger partial charge in [-0.1, -0.05) is 0 Å². The molecule has 4 aromatic rings. The fraction of sp³-hybridized carbons (Fsp3) is 0.377. The summed E-state index contributed by atoms with van der Waals surface area (Å²) in [4.78, 5) is 0. The number of hydrogen-bond acceptors (Lipinski definition) is 0. The Morgan fingerprint density at radius 1 is 0.607 bits per heavy atom. The van der Waals surface area contributed by atoms with E-state index >= 15 is 0 Å². The van der Waals surface area contributed by atoms with Crippen LogP contribution in [-0.2, 0) is 44.9 Å². The molecule has 8 rings (SSSR count). The number of allylic oxidation sites excluding steroid dienone is 8. The minimum Gasteiger partial charge on any atom is -1.00 e. The van der Waals surface area contributed by atoms with Crippen molar-refractivity contribution < 1.29 is 46.1 Å². The summed E-state index contributed by atoms with van der Waals surface area (Å²) in [6.45, 7) is 29.0. The van der Waals surface area contributed by atoms with Crippen molar-refractivity contribution in [1.29, 1.82) is 0 Å². The van der Waals surface area contributed by atoms with Gasteiger partial charge in [-0.2, -0.15) is 0 Å². The average molecular weight is 859 g/mol. The maximum Gasteiger partial charge on any atom is -1.00 e. The maximum atomic E-state index is 2.73. The van der Waals surface area contributed by atoms with Crippen molar-refractivity contribution in [2.75, 3.05) is 0 Å². The summed E-state index contributed by atoms with van der Waals surface area (Å²) >= 11 is -2.80. The second kappa shape index (κ2) is 15.1.